The van der Waals surface area contributed by atoms with Crippen LogP contribution in [-0.2, 0) is 6.42 Å². The van der Waals surface area contributed by atoms with E-state index in [9.17, 15) is 4.39 Å². The number of benzene rings is 2. The molecule has 2 nitrogen and oxygen atoms in total. The van der Waals surface area contributed by atoms with E-state index < -0.39 is 0 Å². The summed E-state index contributed by atoms with van der Waals surface area (Å²) in [6.45, 7) is 1.73. The van der Waals surface area contributed by atoms with Gasteiger partial charge >= 0.3 is 0 Å². The van der Waals surface area contributed by atoms with Crippen LogP contribution in [0.5, 0.6) is 5.75 Å². The van der Waals surface area contributed by atoms with Gasteiger partial charge in [-0.2, -0.15) is 5.26 Å². The first-order chi connectivity index (χ1) is 9.17. The second-order valence-electron chi connectivity index (χ2n) is 4.30. The number of halogens is 1. The first-order valence-corrected chi connectivity index (χ1v) is 5.96. The molecule has 0 spiro atoms. The van der Waals surface area contributed by atoms with E-state index >= 15 is 0 Å². The predicted molar refractivity (Wildman–Crippen MR) is 72.4 cm³/mol. The Morgan fingerprint density at radius 2 is 2.05 bits per heavy atom. The number of ether oxygens (including phenoxy) is 1. The fourth-order valence-electron chi connectivity index (χ4n) is 2.04. The van der Waals surface area contributed by atoms with E-state index in [2.05, 4.69) is 6.07 Å². The van der Waals surface area contributed by atoms with Crippen molar-refractivity contribution in [1.29, 1.82) is 5.26 Å². The molecule has 0 saturated heterocycles. The van der Waals surface area contributed by atoms with Crippen LogP contribution < -0.4 is 4.74 Å². The zero-order chi connectivity index (χ0) is 13.8. The van der Waals surface area contributed by atoms with Crippen molar-refractivity contribution in [2.45, 2.75) is 13.3 Å². The molecule has 0 aliphatic carbocycles. The summed E-state index contributed by atoms with van der Waals surface area (Å²) in [7, 11) is 1.56. The molecule has 0 radical (unpaired) electrons. The highest BCUT2D eigenvalue weighted by Crippen LogP contribution is 2.29. The minimum Gasteiger partial charge on any atom is -0.496 e. The molecule has 0 aliphatic rings. The maximum atomic E-state index is 14.1. The number of hydrogen-bond donors (Lipinski definition) is 0. The van der Waals surface area contributed by atoms with E-state index in [1.807, 2.05) is 6.07 Å². The fourth-order valence-corrected chi connectivity index (χ4v) is 2.04. The fraction of sp³-hybridized carbons (Fsp3) is 0.188. The first kappa shape index (κ1) is 13.1. The summed E-state index contributed by atoms with van der Waals surface area (Å²) in [5.41, 5.74) is 2.67. The monoisotopic (exact) mass is 255 g/mol. The molecular weight excluding hydrogens is 241 g/mol. The zero-order valence-corrected chi connectivity index (χ0v) is 10.9. The molecule has 0 saturated carbocycles. The van der Waals surface area contributed by atoms with E-state index in [1.54, 1.807) is 44.4 Å². The maximum absolute atomic E-state index is 14.1. The summed E-state index contributed by atoms with van der Waals surface area (Å²) in [6.07, 6.45) is 0.241. The predicted octanol–water partition coefficient (Wildman–Crippen LogP) is 3.88. The summed E-state index contributed by atoms with van der Waals surface area (Å²) in [6, 6.07) is 12.8. The SMILES string of the molecule is COc1ccc(-c2cccc(C)c2F)cc1CC#N. The van der Waals surface area contributed by atoms with Crippen molar-refractivity contribution in [2.24, 2.45) is 0 Å². The van der Waals surface area contributed by atoms with E-state index in [0.29, 0.717) is 16.9 Å². The van der Waals surface area contributed by atoms with Crippen molar-refractivity contribution in [3.05, 3.63) is 53.3 Å². The Kier molecular flexibility index (Phi) is 3.82. The van der Waals surface area contributed by atoms with Crippen molar-refractivity contribution in [3.8, 4) is 22.9 Å². The number of nitriles is 1. The van der Waals surface area contributed by atoms with Crippen LogP contribution >= 0.6 is 0 Å². The lowest BCUT2D eigenvalue weighted by atomic mass is 9.99. The van der Waals surface area contributed by atoms with Crippen LogP contribution in [0.4, 0.5) is 4.39 Å². The maximum Gasteiger partial charge on any atom is 0.133 e. The topological polar surface area (TPSA) is 33.0 Å². The van der Waals surface area contributed by atoms with Crippen LogP contribution in [-0.4, -0.2) is 7.11 Å². The van der Waals surface area contributed by atoms with Crippen molar-refractivity contribution in [2.75, 3.05) is 7.11 Å². The van der Waals surface area contributed by atoms with Gasteiger partial charge in [-0.3, -0.25) is 0 Å². The number of rotatable bonds is 3. The summed E-state index contributed by atoms with van der Waals surface area (Å²) in [5, 5.41) is 8.82. The van der Waals surface area contributed by atoms with Crippen LogP contribution in [0.1, 0.15) is 11.1 Å². The molecule has 0 bridgehead atoms. The van der Waals surface area contributed by atoms with Gasteiger partial charge in [0.15, 0.2) is 0 Å². The molecule has 3 heteroatoms. The van der Waals surface area contributed by atoms with Crippen LogP contribution in [0.25, 0.3) is 11.1 Å². The Labute approximate surface area is 112 Å². The van der Waals surface area contributed by atoms with Crippen molar-refractivity contribution in [1.82, 2.24) is 0 Å². The van der Waals surface area contributed by atoms with Crippen LogP contribution in [0.15, 0.2) is 36.4 Å². The van der Waals surface area contributed by atoms with E-state index in [-0.39, 0.29) is 12.2 Å². The lowest BCUT2D eigenvalue weighted by Crippen LogP contribution is -1.94. The lowest BCUT2D eigenvalue weighted by Gasteiger charge is -2.10. The minimum absolute atomic E-state index is 0.226. The number of nitrogens with zero attached hydrogens (tertiary/aromatic N) is 1. The van der Waals surface area contributed by atoms with Gasteiger partial charge in [0.05, 0.1) is 19.6 Å². The Hall–Kier alpha value is -2.34. The number of aryl methyl sites for hydroxylation is 1. The number of hydrogen-bond acceptors (Lipinski definition) is 2. The Morgan fingerprint density at radius 1 is 1.26 bits per heavy atom. The molecule has 2 rings (SSSR count). The van der Waals surface area contributed by atoms with Gasteiger partial charge in [-0.1, -0.05) is 24.3 Å². The summed E-state index contributed by atoms with van der Waals surface area (Å²) < 4.78 is 19.3. The lowest BCUT2D eigenvalue weighted by molar-refractivity contribution is 0.411. The van der Waals surface area contributed by atoms with E-state index in [0.717, 1.165) is 11.1 Å². The molecule has 2 aromatic carbocycles. The third-order valence-electron chi connectivity index (χ3n) is 3.05. The molecule has 0 heterocycles. The van der Waals surface area contributed by atoms with Crippen molar-refractivity contribution < 1.29 is 9.13 Å². The largest absolute Gasteiger partial charge is 0.496 e. The average Bonchev–Trinajstić information content (AvgIpc) is 2.42. The molecule has 0 unspecified atom stereocenters. The molecule has 19 heavy (non-hydrogen) atoms. The quantitative estimate of drug-likeness (QED) is 0.834. The van der Waals surface area contributed by atoms with Gasteiger partial charge in [-0.15, -0.1) is 0 Å². The molecule has 96 valence electrons. The highest BCUT2D eigenvalue weighted by molar-refractivity contribution is 5.67. The molecule has 0 atom stereocenters. The summed E-state index contributed by atoms with van der Waals surface area (Å²) in [5.74, 6) is 0.425. The molecule has 0 aliphatic heterocycles. The van der Waals surface area contributed by atoms with Gasteiger partial charge in [0.25, 0.3) is 0 Å². The third-order valence-corrected chi connectivity index (χ3v) is 3.05. The van der Waals surface area contributed by atoms with Gasteiger partial charge in [0.2, 0.25) is 0 Å². The van der Waals surface area contributed by atoms with Gasteiger partial charge in [0.1, 0.15) is 11.6 Å². The molecule has 0 fully saturated rings. The van der Waals surface area contributed by atoms with E-state index in [1.165, 1.54) is 0 Å². The highest BCUT2D eigenvalue weighted by atomic mass is 19.1. The van der Waals surface area contributed by atoms with Crippen LogP contribution in [0.2, 0.25) is 0 Å². The van der Waals surface area contributed by atoms with Crippen molar-refractivity contribution >= 4 is 0 Å². The number of methoxy groups -OCH3 is 1. The zero-order valence-electron chi connectivity index (χ0n) is 10.9. The molecule has 0 amide bonds. The van der Waals surface area contributed by atoms with Crippen LogP contribution in [0, 0.1) is 24.1 Å². The van der Waals surface area contributed by atoms with Gasteiger partial charge < -0.3 is 4.74 Å². The van der Waals surface area contributed by atoms with Gasteiger partial charge in [-0.25, -0.2) is 4.39 Å². The average molecular weight is 255 g/mol. The first-order valence-electron chi connectivity index (χ1n) is 5.96. The molecular formula is C16H14FNO. The Bertz CT molecular complexity index is 644. The molecule has 0 aromatic heterocycles. The van der Waals surface area contributed by atoms with Crippen molar-refractivity contribution in [3.63, 3.8) is 0 Å². The Morgan fingerprint density at radius 3 is 2.74 bits per heavy atom. The van der Waals surface area contributed by atoms with E-state index in [4.69, 9.17) is 10.00 Å². The molecule has 0 N–H and O–H groups in total. The summed E-state index contributed by atoms with van der Waals surface area (Å²) >= 11 is 0. The normalized spacial score (nSPS) is 10.0. The summed E-state index contributed by atoms with van der Waals surface area (Å²) in [4.78, 5) is 0. The third kappa shape index (κ3) is 2.58. The smallest absolute Gasteiger partial charge is 0.133 e. The Balaban J connectivity index is 2.54. The van der Waals surface area contributed by atoms with Gasteiger partial charge in [-0.05, 0) is 30.2 Å². The highest BCUT2D eigenvalue weighted by Gasteiger charge is 2.10. The minimum atomic E-state index is -0.226. The van der Waals surface area contributed by atoms with Gasteiger partial charge in [0, 0.05) is 11.1 Å². The standard InChI is InChI=1S/C16H14FNO/c1-11-4-3-5-14(16(11)17)12-6-7-15(19-2)13(10-12)8-9-18/h3-7,10H,8H2,1-2H3. The second kappa shape index (κ2) is 5.53. The second-order valence-corrected chi connectivity index (χ2v) is 4.30. The molecule has 2 aromatic rings. The van der Waals surface area contributed by atoms with Crippen LogP contribution in [0.3, 0.4) is 0 Å².